The number of hydrogen-bond donors (Lipinski definition) is 1. The van der Waals surface area contributed by atoms with Gasteiger partial charge >= 0.3 is 5.97 Å². The molecule has 0 unspecified atom stereocenters. The van der Waals surface area contributed by atoms with Crippen molar-refractivity contribution >= 4 is 46.5 Å². The quantitative estimate of drug-likeness (QED) is 0.673. The molecule has 1 aliphatic carbocycles. The largest absolute Gasteiger partial charge is 0.477 e. The molecule has 0 radical (unpaired) electrons. The number of aromatic carboxylic acids is 1. The summed E-state index contributed by atoms with van der Waals surface area (Å²) < 4.78 is 16.6. The van der Waals surface area contributed by atoms with E-state index in [1.165, 1.54) is 12.3 Å². The molecule has 1 N–H and O–H groups in total. The van der Waals surface area contributed by atoms with Gasteiger partial charge in [-0.05, 0) is 31.5 Å². The van der Waals surface area contributed by atoms with Crippen LogP contribution in [0.25, 0.3) is 10.9 Å². The van der Waals surface area contributed by atoms with E-state index in [1.54, 1.807) is 6.07 Å². The van der Waals surface area contributed by atoms with E-state index in [-0.39, 0.29) is 41.0 Å². The molecule has 1 aromatic heterocycles. The Hall–Kier alpha value is -1.68. The van der Waals surface area contributed by atoms with Crippen molar-refractivity contribution in [1.82, 2.24) is 9.47 Å². The Morgan fingerprint density at radius 3 is 2.44 bits per heavy atom. The maximum atomic E-state index is 14.8. The summed E-state index contributed by atoms with van der Waals surface area (Å²) in [7, 11) is 0. The monoisotopic (exact) mass is 487 g/mol. The Balaban J connectivity index is 0.00000210. The molecule has 27 heavy (non-hydrogen) atoms. The molecule has 1 aromatic carbocycles. The third-order valence-corrected chi connectivity index (χ3v) is 5.43. The van der Waals surface area contributed by atoms with Gasteiger partial charge in [0.2, 0.25) is 5.43 Å². The molecule has 0 bridgehead atoms. The van der Waals surface area contributed by atoms with Gasteiger partial charge in [0.15, 0.2) is 0 Å². The van der Waals surface area contributed by atoms with Crippen molar-refractivity contribution in [3.63, 3.8) is 0 Å². The normalized spacial score (nSPS) is 17.8. The summed E-state index contributed by atoms with van der Waals surface area (Å²) in [4.78, 5) is 28.2. The molecule has 2 fully saturated rings. The van der Waals surface area contributed by atoms with Gasteiger partial charge in [0.25, 0.3) is 0 Å². The lowest BCUT2D eigenvalue weighted by Gasteiger charge is -2.35. The van der Waals surface area contributed by atoms with Crippen molar-refractivity contribution in [2.24, 2.45) is 0 Å². The number of aromatic nitrogens is 1. The second kappa shape index (κ2) is 7.75. The van der Waals surface area contributed by atoms with Crippen molar-refractivity contribution in [3.8, 4) is 0 Å². The number of carboxylic acids is 1. The van der Waals surface area contributed by atoms with E-state index in [4.69, 9.17) is 0 Å². The highest BCUT2D eigenvalue weighted by Crippen LogP contribution is 2.38. The van der Waals surface area contributed by atoms with E-state index >= 15 is 0 Å². The Bertz CT molecular complexity index is 934. The Labute approximate surface area is 173 Å². The third kappa shape index (κ3) is 3.69. The number of carbonyl (C=O) groups is 1. The van der Waals surface area contributed by atoms with Gasteiger partial charge in [-0.15, -0.1) is 24.0 Å². The lowest BCUT2D eigenvalue weighted by molar-refractivity contribution is 0.0695. The van der Waals surface area contributed by atoms with Gasteiger partial charge in [0, 0.05) is 43.8 Å². The number of benzene rings is 1. The van der Waals surface area contributed by atoms with Gasteiger partial charge < -0.3 is 19.5 Å². The highest BCUT2D eigenvalue weighted by molar-refractivity contribution is 14.0. The lowest BCUT2D eigenvalue weighted by Crippen LogP contribution is -2.46. The first kappa shape index (κ1) is 20.1. The van der Waals surface area contributed by atoms with Crippen molar-refractivity contribution in [3.05, 3.63) is 39.9 Å². The first-order valence-electron chi connectivity index (χ1n) is 9.08. The molecule has 2 aromatic rings. The fourth-order valence-electron chi connectivity index (χ4n) is 3.71. The molecular weight excluding hydrogens is 464 g/mol. The van der Waals surface area contributed by atoms with Gasteiger partial charge in [-0.3, -0.25) is 4.79 Å². The van der Waals surface area contributed by atoms with Crippen LogP contribution >= 0.6 is 24.0 Å². The molecule has 0 atom stereocenters. The maximum absolute atomic E-state index is 14.8. The fraction of sp³-hybridized carbons (Fsp3) is 0.474. The molecule has 6 nitrogen and oxygen atoms in total. The number of piperazine rings is 1. The SMILES string of the molecule is CCN1CCN(c2cc3c(cc2F)c(=O)c(C(=O)O)cn3C2CC2)CC1.I. The van der Waals surface area contributed by atoms with Crippen LogP contribution in [-0.2, 0) is 0 Å². The molecule has 0 amide bonds. The Kier molecular flexibility index (Phi) is 5.76. The number of hydrogen-bond acceptors (Lipinski definition) is 4. The number of rotatable bonds is 4. The zero-order valence-corrected chi connectivity index (χ0v) is 17.5. The van der Waals surface area contributed by atoms with Crippen molar-refractivity contribution in [2.75, 3.05) is 37.6 Å². The molecule has 2 aliphatic rings. The van der Waals surface area contributed by atoms with Crippen LogP contribution in [0.1, 0.15) is 36.2 Å². The molecule has 8 heteroatoms. The van der Waals surface area contributed by atoms with Gasteiger partial charge in [-0.1, -0.05) is 6.92 Å². The van der Waals surface area contributed by atoms with E-state index in [0.717, 1.165) is 45.6 Å². The number of halogens is 2. The Morgan fingerprint density at radius 2 is 1.89 bits per heavy atom. The molecule has 2 heterocycles. The van der Waals surface area contributed by atoms with Crippen LogP contribution < -0.4 is 10.3 Å². The summed E-state index contributed by atoms with van der Waals surface area (Å²) in [5.74, 6) is -1.74. The highest BCUT2D eigenvalue weighted by atomic mass is 127. The van der Waals surface area contributed by atoms with Gasteiger partial charge in [-0.2, -0.15) is 0 Å². The first-order chi connectivity index (χ1) is 12.5. The topological polar surface area (TPSA) is 65.8 Å². The highest BCUT2D eigenvalue weighted by Gasteiger charge is 2.28. The summed E-state index contributed by atoms with van der Waals surface area (Å²) in [5.41, 5.74) is 0.195. The average Bonchev–Trinajstić information content (AvgIpc) is 3.47. The van der Waals surface area contributed by atoms with Crippen LogP contribution in [0.2, 0.25) is 0 Å². The Morgan fingerprint density at radius 1 is 1.22 bits per heavy atom. The minimum Gasteiger partial charge on any atom is -0.477 e. The lowest BCUT2D eigenvalue weighted by atomic mass is 10.1. The number of anilines is 1. The van der Waals surface area contributed by atoms with Crippen LogP contribution in [0.4, 0.5) is 10.1 Å². The van der Waals surface area contributed by atoms with E-state index in [1.807, 2.05) is 9.47 Å². The summed E-state index contributed by atoms with van der Waals surface area (Å²) in [6.07, 6.45) is 3.30. The second-order valence-corrected chi connectivity index (χ2v) is 7.06. The minimum absolute atomic E-state index is 0. The van der Waals surface area contributed by atoms with E-state index in [9.17, 15) is 19.1 Å². The van der Waals surface area contributed by atoms with Crippen LogP contribution in [0.15, 0.2) is 23.1 Å². The number of nitrogens with zero attached hydrogens (tertiary/aromatic N) is 3. The average molecular weight is 487 g/mol. The van der Waals surface area contributed by atoms with Crippen LogP contribution in [0.3, 0.4) is 0 Å². The van der Waals surface area contributed by atoms with E-state index in [0.29, 0.717) is 11.2 Å². The molecule has 4 rings (SSSR count). The van der Waals surface area contributed by atoms with Crippen molar-refractivity contribution in [1.29, 1.82) is 0 Å². The summed E-state index contributed by atoms with van der Waals surface area (Å²) in [6, 6.07) is 3.12. The zero-order chi connectivity index (χ0) is 18.4. The molecule has 1 aliphatic heterocycles. The third-order valence-electron chi connectivity index (χ3n) is 5.43. The number of pyridine rings is 1. The fourth-order valence-corrected chi connectivity index (χ4v) is 3.71. The molecule has 0 spiro atoms. The summed E-state index contributed by atoms with van der Waals surface area (Å²) >= 11 is 0. The first-order valence-corrected chi connectivity index (χ1v) is 9.08. The van der Waals surface area contributed by atoms with Gasteiger partial charge in [0.05, 0.1) is 11.2 Å². The standard InChI is InChI=1S/C19H22FN3O3.HI/c1-2-21-5-7-22(8-6-21)17-10-16-13(9-15(17)20)18(24)14(19(25)26)11-23(16)12-3-4-12;/h9-12H,2-8H2,1H3,(H,25,26);1H. The van der Waals surface area contributed by atoms with E-state index < -0.39 is 17.2 Å². The number of likely N-dealkylation sites (N-methyl/N-ethyl adjacent to an activating group) is 1. The molecule has 146 valence electrons. The smallest absolute Gasteiger partial charge is 0.341 e. The predicted octanol–water partition coefficient (Wildman–Crippen LogP) is 2.93. The zero-order valence-electron chi connectivity index (χ0n) is 15.2. The molecular formula is C19H23FIN3O3. The van der Waals surface area contributed by atoms with Crippen LogP contribution in [0, 0.1) is 5.82 Å². The van der Waals surface area contributed by atoms with E-state index in [2.05, 4.69) is 11.8 Å². The number of carboxylic acid groups (broad SMARTS) is 1. The van der Waals surface area contributed by atoms with Crippen LogP contribution in [0.5, 0.6) is 0 Å². The molecule has 1 saturated heterocycles. The summed E-state index contributed by atoms with van der Waals surface area (Å²) in [6.45, 7) is 6.31. The number of fused-ring (bicyclic) bond motifs is 1. The van der Waals surface area contributed by atoms with Gasteiger partial charge in [0.1, 0.15) is 11.4 Å². The molecule has 1 saturated carbocycles. The second-order valence-electron chi connectivity index (χ2n) is 7.06. The maximum Gasteiger partial charge on any atom is 0.341 e. The predicted molar refractivity (Wildman–Crippen MR) is 113 cm³/mol. The van der Waals surface area contributed by atoms with Crippen molar-refractivity contribution < 1.29 is 14.3 Å². The summed E-state index contributed by atoms with van der Waals surface area (Å²) in [5, 5.41) is 9.45. The van der Waals surface area contributed by atoms with Gasteiger partial charge in [-0.25, -0.2) is 9.18 Å². The van der Waals surface area contributed by atoms with Crippen molar-refractivity contribution in [2.45, 2.75) is 25.8 Å². The minimum atomic E-state index is -1.27. The van der Waals surface area contributed by atoms with Crippen LogP contribution in [-0.4, -0.2) is 53.3 Å².